The number of pyridine rings is 1. The zero-order valence-electron chi connectivity index (χ0n) is 14.8. The summed E-state index contributed by atoms with van der Waals surface area (Å²) in [6, 6.07) is 15.3. The normalized spacial score (nSPS) is 16.2. The third-order valence-corrected chi connectivity index (χ3v) is 4.66. The number of aromatic nitrogens is 1. The van der Waals surface area contributed by atoms with E-state index >= 15 is 0 Å². The summed E-state index contributed by atoms with van der Waals surface area (Å²) in [5, 5.41) is 4.41. The Kier molecular flexibility index (Phi) is 3.88. The van der Waals surface area contributed by atoms with Crippen molar-refractivity contribution in [1.82, 2.24) is 9.88 Å². The number of carbonyl (C=O) groups is 1. The lowest BCUT2D eigenvalue weighted by atomic mass is 10.0. The van der Waals surface area contributed by atoms with Gasteiger partial charge in [0, 0.05) is 18.1 Å². The fraction of sp³-hybridized carbons (Fsp3) is 0.200. The van der Waals surface area contributed by atoms with Crippen LogP contribution in [0.3, 0.4) is 0 Å². The molecule has 0 saturated heterocycles. The van der Waals surface area contributed by atoms with E-state index in [0.717, 1.165) is 22.2 Å². The molecule has 1 atom stereocenters. The van der Waals surface area contributed by atoms with E-state index in [1.807, 2.05) is 42.5 Å². The second-order valence-corrected chi connectivity index (χ2v) is 6.15. The van der Waals surface area contributed by atoms with Crippen molar-refractivity contribution in [2.75, 3.05) is 26.6 Å². The number of methoxy groups -OCH3 is 2. The Morgan fingerprint density at radius 3 is 2.65 bits per heavy atom. The fourth-order valence-electron chi connectivity index (χ4n) is 3.26. The molecule has 3 aromatic rings. The van der Waals surface area contributed by atoms with Crippen molar-refractivity contribution in [1.29, 1.82) is 0 Å². The van der Waals surface area contributed by atoms with Crippen molar-refractivity contribution in [2.24, 2.45) is 0 Å². The van der Waals surface area contributed by atoms with Crippen LogP contribution in [-0.2, 0) is 0 Å². The Hall–Kier alpha value is -3.28. The summed E-state index contributed by atoms with van der Waals surface area (Å²) >= 11 is 0. The minimum Gasteiger partial charge on any atom is -0.497 e. The quantitative estimate of drug-likeness (QED) is 0.785. The Morgan fingerprint density at radius 2 is 1.88 bits per heavy atom. The molecule has 132 valence electrons. The summed E-state index contributed by atoms with van der Waals surface area (Å²) in [4.78, 5) is 19.1. The zero-order valence-corrected chi connectivity index (χ0v) is 14.8. The fourth-order valence-corrected chi connectivity index (χ4v) is 3.26. The highest BCUT2D eigenvalue weighted by Crippen LogP contribution is 2.37. The van der Waals surface area contributed by atoms with Crippen LogP contribution < -0.4 is 14.8 Å². The Morgan fingerprint density at radius 1 is 1.08 bits per heavy atom. The highest BCUT2D eigenvalue weighted by atomic mass is 16.5. The molecule has 2 heterocycles. The molecular formula is C20H19N3O3. The van der Waals surface area contributed by atoms with Gasteiger partial charge in [0.05, 0.1) is 30.9 Å². The Balaban J connectivity index is 1.83. The number of nitrogens with one attached hydrogen (secondary N) is 1. The van der Waals surface area contributed by atoms with E-state index in [9.17, 15) is 4.79 Å². The van der Waals surface area contributed by atoms with Gasteiger partial charge >= 0.3 is 0 Å². The van der Waals surface area contributed by atoms with Gasteiger partial charge in [0.2, 0.25) is 5.88 Å². The van der Waals surface area contributed by atoms with Gasteiger partial charge in [-0.15, -0.1) is 0 Å². The highest BCUT2D eigenvalue weighted by Gasteiger charge is 2.33. The molecule has 4 rings (SSSR count). The van der Waals surface area contributed by atoms with Crippen LogP contribution in [0.2, 0.25) is 0 Å². The molecule has 0 saturated carbocycles. The number of ether oxygens (including phenoxy) is 2. The maximum atomic E-state index is 12.9. The molecule has 1 amide bonds. The smallest absolute Gasteiger partial charge is 0.257 e. The van der Waals surface area contributed by atoms with Gasteiger partial charge in [0.1, 0.15) is 11.9 Å². The standard InChI is InChI=1S/C20H19N3O3/c1-23-18(21-17-9-8-13(25-2)11-14(17)20(23)24)15-10-12-6-4-5-7-16(12)22-19(15)26-3/h4-11,18,21H,1-3H3. The second-order valence-electron chi connectivity index (χ2n) is 6.15. The van der Waals surface area contributed by atoms with Crippen LogP contribution in [0.5, 0.6) is 11.6 Å². The average molecular weight is 349 g/mol. The van der Waals surface area contributed by atoms with Crippen molar-refractivity contribution < 1.29 is 14.3 Å². The molecule has 6 nitrogen and oxygen atoms in total. The molecule has 26 heavy (non-hydrogen) atoms. The first kappa shape index (κ1) is 16.2. The number of fused-ring (bicyclic) bond motifs is 2. The first-order valence-corrected chi connectivity index (χ1v) is 8.28. The topological polar surface area (TPSA) is 63.7 Å². The summed E-state index contributed by atoms with van der Waals surface area (Å²) in [5.74, 6) is 1.06. The highest BCUT2D eigenvalue weighted by molar-refractivity contribution is 6.02. The number of para-hydroxylation sites is 1. The molecule has 1 aliphatic heterocycles. The minimum atomic E-state index is -0.379. The number of carbonyl (C=O) groups excluding carboxylic acids is 1. The number of amides is 1. The molecular weight excluding hydrogens is 330 g/mol. The average Bonchev–Trinajstić information content (AvgIpc) is 2.69. The number of benzene rings is 2. The van der Waals surface area contributed by atoms with Crippen LogP contribution in [0.15, 0.2) is 48.5 Å². The van der Waals surface area contributed by atoms with Crippen LogP contribution >= 0.6 is 0 Å². The molecule has 0 fully saturated rings. The van der Waals surface area contributed by atoms with E-state index in [0.29, 0.717) is 17.2 Å². The molecule has 0 spiro atoms. The van der Waals surface area contributed by atoms with Gasteiger partial charge in [-0.1, -0.05) is 18.2 Å². The third-order valence-electron chi connectivity index (χ3n) is 4.66. The van der Waals surface area contributed by atoms with E-state index in [1.165, 1.54) is 0 Å². The van der Waals surface area contributed by atoms with Crippen LogP contribution in [0.1, 0.15) is 22.1 Å². The summed E-state index contributed by atoms with van der Waals surface area (Å²) in [7, 11) is 4.93. The van der Waals surface area contributed by atoms with Gasteiger partial charge in [-0.25, -0.2) is 4.98 Å². The molecule has 2 aromatic carbocycles. The minimum absolute atomic E-state index is 0.0853. The Labute approximate surface area is 151 Å². The summed E-state index contributed by atoms with van der Waals surface area (Å²) in [5.41, 5.74) is 3.00. The van der Waals surface area contributed by atoms with Gasteiger partial charge in [0.25, 0.3) is 5.91 Å². The first-order valence-electron chi connectivity index (χ1n) is 8.28. The van der Waals surface area contributed by atoms with Crippen LogP contribution in [0.4, 0.5) is 5.69 Å². The van der Waals surface area contributed by atoms with E-state index in [1.54, 1.807) is 32.2 Å². The van der Waals surface area contributed by atoms with Crippen LogP contribution in [-0.4, -0.2) is 37.1 Å². The lowest BCUT2D eigenvalue weighted by molar-refractivity contribution is 0.0733. The third kappa shape index (κ3) is 2.50. The van der Waals surface area contributed by atoms with Crippen molar-refractivity contribution in [3.05, 3.63) is 59.7 Å². The molecule has 0 bridgehead atoms. The number of hydrogen-bond acceptors (Lipinski definition) is 5. The van der Waals surface area contributed by atoms with E-state index < -0.39 is 0 Å². The largest absolute Gasteiger partial charge is 0.497 e. The van der Waals surface area contributed by atoms with E-state index in [-0.39, 0.29) is 12.1 Å². The number of nitrogens with zero attached hydrogens (tertiary/aromatic N) is 2. The van der Waals surface area contributed by atoms with Gasteiger partial charge in [-0.05, 0) is 30.3 Å². The number of anilines is 1. The van der Waals surface area contributed by atoms with Crippen molar-refractivity contribution in [2.45, 2.75) is 6.17 Å². The van der Waals surface area contributed by atoms with Crippen molar-refractivity contribution in [3.8, 4) is 11.6 Å². The molecule has 1 N–H and O–H groups in total. The lowest BCUT2D eigenvalue weighted by Gasteiger charge is -2.36. The van der Waals surface area contributed by atoms with Gasteiger partial charge < -0.3 is 19.7 Å². The van der Waals surface area contributed by atoms with Crippen molar-refractivity contribution in [3.63, 3.8) is 0 Å². The molecule has 6 heteroatoms. The maximum Gasteiger partial charge on any atom is 0.257 e. The van der Waals surface area contributed by atoms with E-state index in [2.05, 4.69) is 10.3 Å². The second kappa shape index (κ2) is 6.22. The molecule has 0 radical (unpaired) electrons. The SMILES string of the molecule is COc1ccc2c(c1)C(=O)N(C)C(c1cc3ccccc3nc1OC)N2. The van der Waals surface area contributed by atoms with E-state index in [4.69, 9.17) is 9.47 Å². The molecule has 1 aliphatic rings. The number of rotatable bonds is 3. The van der Waals surface area contributed by atoms with Gasteiger partial charge in [0.15, 0.2) is 0 Å². The summed E-state index contributed by atoms with van der Waals surface area (Å²) in [6.07, 6.45) is -0.379. The van der Waals surface area contributed by atoms with Crippen LogP contribution in [0.25, 0.3) is 10.9 Å². The summed E-state index contributed by atoms with van der Waals surface area (Å²) in [6.45, 7) is 0. The predicted molar refractivity (Wildman–Crippen MR) is 99.7 cm³/mol. The van der Waals surface area contributed by atoms with Crippen molar-refractivity contribution >= 4 is 22.5 Å². The van der Waals surface area contributed by atoms with Gasteiger partial charge in [-0.2, -0.15) is 0 Å². The Bertz CT molecular complexity index is 1000. The number of hydrogen-bond donors (Lipinski definition) is 1. The molecule has 1 unspecified atom stereocenters. The lowest BCUT2D eigenvalue weighted by Crippen LogP contribution is -2.40. The predicted octanol–water partition coefficient (Wildman–Crippen LogP) is 3.45. The molecule has 1 aromatic heterocycles. The molecule has 0 aliphatic carbocycles. The monoisotopic (exact) mass is 349 g/mol. The first-order chi connectivity index (χ1) is 12.6. The van der Waals surface area contributed by atoms with Crippen LogP contribution in [0, 0.1) is 0 Å². The summed E-state index contributed by atoms with van der Waals surface area (Å²) < 4.78 is 10.7. The zero-order chi connectivity index (χ0) is 18.3. The van der Waals surface area contributed by atoms with Gasteiger partial charge in [-0.3, -0.25) is 4.79 Å². The maximum absolute atomic E-state index is 12.9.